The van der Waals surface area contributed by atoms with Gasteiger partial charge in [-0.2, -0.15) is 0 Å². The zero-order valence-corrected chi connectivity index (χ0v) is 36.9. The molecule has 4 N–H and O–H groups in total. The lowest BCUT2D eigenvalue weighted by atomic mass is 9.79. The first-order chi connectivity index (χ1) is 30.5. The minimum absolute atomic E-state index is 0.00105. The van der Waals surface area contributed by atoms with Crippen molar-refractivity contribution in [3.63, 3.8) is 0 Å². The Kier molecular flexibility index (Phi) is 17.5. The second-order valence-electron chi connectivity index (χ2n) is 17.3. The molecule has 4 fully saturated rings. The van der Waals surface area contributed by atoms with E-state index in [0.29, 0.717) is 42.2 Å². The molecule has 3 aromatic carbocycles. The molecular weight excluding hydrogens is 797 g/mol. The Bertz CT molecular complexity index is 2050. The van der Waals surface area contributed by atoms with Gasteiger partial charge in [0.15, 0.2) is 32.2 Å². The Morgan fingerprint density at radius 3 is 1.83 bits per heavy atom. The Balaban J connectivity index is 0.000000174. The van der Waals surface area contributed by atoms with Crippen LogP contribution in [0.3, 0.4) is 0 Å². The second kappa shape index (κ2) is 23.6. The van der Waals surface area contributed by atoms with Gasteiger partial charge in [0.25, 0.3) is 5.91 Å². The van der Waals surface area contributed by atoms with E-state index in [-0.39, 0.29) is 37.0 Å². The van der Waals surface area contributed by atoms with Crippen molar-refractivity contribution >= 4 is 35.1 Å². The highest BCUT2D eigenvalue weighted by Crippen LogP contribution is 2.28. The van der Waals surface area contributed by atoms with Gasteiger partial charge in [0, 0.05) is 87.1 Å². The maximum Gasteiger partial charge on any atom is 0.341 e. The number of benzene rings is 3. The summed E-state index contributed by atoms with van der Waals surface area (Å²) in [5, 5.41) is 11.6. The van der Waals surface area contributed by atoms with Gasteiger partial charge in [0.2, 0.25) is 11.8 Å². The largest absolute Gasteiger partial charge is 0.484 e. The van der Waals surface area contributed by atoms with Crippen LogP contribution in [0, 0.1) is 17.8 Å². The molecule has 4 aromatic rings. The number of nitrogens with two attached hydrogens (primary N) is 1. The fourth-order valence-electron chi connectivity index (χ4n) is 8.81. The van der Waals surface area contributed by atoms with Crippen LogP contribution in [0.15, 0.2) is 109 Å². The molecule has 5 atom stereocenters. The molecule has 4 aliphatic rings. The van der Waals surface area contributed by atoms with E-state index >= 15 is 0 Å². The summed E-state index contributed by atoms with van der Waals surface area (Å²) < 4.78 is 13.0. The quantitative estimate of drug-likeness (QED) is 0.133. The molecule has 3 amide bonds. The topological polar surface area (TPSA) is 159 Å². The van der Waals surface area contributed by atoms with Gasteiger partial charge in [-0.15, -0.1) is 0 Å². The summed E-state index contributed by atoms with van der Waals surface area (Å²) in [5.41, 5.74) is 9.07. The van der Waals surface area contributed by atoms with Crippen molar-refractivity contribution in [2.45, 2.75) is 90.4 Å². The van der Waals surface area contributed by atoms with Crippen molar-refractivity contribution in [2.75, 3.05) is 49.2 Å². The van der Waals surface area contributed by atoms with Crippen LogP contribution in [0.1, 0.15) is 70.8 Å². The molecule has 5 unspecified atom stereocenters. The molecule has 0 spiro atoms. The standard InChI is InChI=1S/C25H31N3O3.C13H21N2.C12H13NO4/c1-19-16-27(17-20-6-3-2-4-7-20)15-13-23(19)26-24(29)18-31-22-11-9-21(10-12-22)28-14-5-8-25(28)30;1-11-9-12(5-6-13(11)14)10-15-7-3-2-4-8-15;14-11-2-1-7-13(11)9-3-5-10(6-4-9)17-8-12(15)16/h2-4,6-7,9-12,19,23H,5,8,13-18H2,1H3,(H,26,29);2-4,7-8,11-13H,5-6,9-10,14H2,1H3;3-6H,1-2,7-8H2,(H,15,16)/q;+1;. The van der Waals surface area contributed by atoms with Gasteiger partial charge in [-0.1, -0.05) is 50.2 Å². The molecule has 1 saturated carbocycles. The third-order valence-corrected chi connectivity index (χ3v) is 12.4. The fourth-order valence-corrected chi connectivity index (χ4v) is 8.81. The minimum Gasteiger partial charge on any atom is -0.484 e. The highest BCUT2D eigenvalue weighted by Gasteiger charge is 2.29. The first-order valence-corrected chi connectivity index (χ1v) is 22.5. The monoisotopic (exact) mass is 861 g/mol. The number of carbonyl (C=O) groups is 4. The van der Waals surface area contributed by atoms with Gasteiger partial charge < -0.3 is 35.4 Å². The predicted molar refractivity (Wildman–Crippen MR) is 243 cm³/mol. The van der Waals surface area contributed by atoms with Crippen LogP contribution in [0.5, 0.6) is 11.5 Å². The van der Waals surface area contributed by atoms with Crippen molar-refractivity contribution in [3.05, 3.63) is 115 Å². The van der Waals surface area contributed by atoms with Crippen LogP contribution < -0.4 is 34.9 Å². The third-order valence-electron chi connectivity index (χ3n) is 12.4. The van der Waals surface area contributed by atoms with Gasteiger partial charge in [-0.05, 0) is 104 Å². The number of hydrogen-bond donors (Lipinski definition) is 3. The number of ether oxygens (including phenoxy) is 2. The number of aromatic nitrogens is 1. The molecule has 0 radical (unpaired) electrons. The van der Waals surface area contributed by atoms with Gasteiger partial charge in [-0.25, -0.2) is 9.36 Å². The number of amides is 3. The van der Waals surface area contributed by atoms with Gasteiger partial charge in [-0.3, -0.25) is 19.3 Å². The van der Waals surface area contributed by atoms with E-state index in [1.54, 1.807) is 34.1 Å². The SMILES string of the molecule is CC1CC(C[n+]2ccccc2)CCC1N.CC1CN(Cc2ccccc2)CCC1NC(=O)COc1ccc(N2CCCC2=O)cc1.O=C(O)COc1ccc(N2CCCC2=O)cc1. The Morgan fingerprint density at radius 1 is 0.730 bits per heavy atom. The zero-order valence-electron chi connectivity index (χ0n) is 36.9. The van der Waals surface area contributed by atoms with Crippen LogP contribution in [-0.2, 0) is 32.3 Å². The van der Waals surface area contributed by atoms with E-state index < -0.39 is 5.97 Å². The molecular formula is C50H65N6O7+. The molecule has 0 bridgehead atoms. The van der Waals surface area contributed by atoms with Crippen molar-refractivity contribution in [3.8, 4) is 11.5 Å². The molecule has 336 valence electrons. The summed E-state index contributed by atoms with van der Waals surface area (Å²) in [6.07, 6.45) is 12.0. The summed E-state index contributed by atoms with van der Waals surface area (Å²) in [6.45, 7) is 9.68. The number of anilines is 2. The van der Waals surface area contributed by atoms with E-state index in [2.05, 4.69) is 83.5 Å². The molecule has 3 saturated heterocycles. The predicted octanol–water partition coefficient (Wildman–Crippen LogP) is 6.23. The minimum atomic E-state index is -1.01. The molecule has 8 rings (SSSR count). The number of hydrogen-bond acceptors (Lipinski definition) is 8. The molecule has 4 heterocycles. The number of piperidine rings is 1. The summed E-state index contributed by atoms with van der Waals surface area (Å²) in [5.74, 6) is 2.20. The van der Waals surface area contributed by atoms with Crippen LogP contribution in [0.4, 0.5) is 11.4 Å². The summed E-state index contributed by atoms with van der Waals surface area (Å²) >= 11 is 0. The van der Waals surface area contributed by atoms with E-state index in [0.717, 1.165) is 75.8 Å². The van der Waals surface area contributed by atoms with Crippen molar-refractivity contribution in [1.29, 1.82) is 0 Å². The van der Waals surface area contributed by atoms with Crippen LogP contribution in [0.25, 0.3) is 0 Å². The molecule has 13 heteroatoms. The Morgan fingerprint density at radius 2 is 1.30 bits per heavy atom. The van der Waals surface area contributed by atoms with Gasteiger partial charge in [0.05, 0.1) is 0 Å². The van der Waals surface area contributed by atoms with E-state index in [1.165, 1.54) is 24.8 Å². The number of nitrogens with zero attached hydrogens (tertiary/aromatic N) is 4. The Labute approximate surface area is 372 Å². The first kappa shape index (κ1) is 46.7. The average Bonchev–Trinajstić information content (AvgIpc) is 3.93. The number of rotatable bonds is 13. The maximum absolute atomic E-state index is 12.4. The zero-order chi connectivity index (χ0) is 44.6. The van der Waals surface area contributed by atoms with Crippen LogP contribution in [-0.4, -0.2) is 85.2 Å². The summed E-state index contributed by atoms with van der Waals surface area (Å²) in [7, 11) is 0. The van der Waals surface area contributed by atoms with E-state index in [1.807, 2.05) is 30.3 Å². The number of pyridine rings is 1. The average molecular weight is 862 g/mol. The van der Waals surface area contributed by atoms with Crippen molar-refractivity contribution in [1.82, 2.24) is 10.2 Å². The maximum atomic E-state index is 12.4. The van der Waals surface area contributed by atoms with Crippen molar-refractivity contribution < 1.29 is 38.3 Å². The number of carboxylic acid groups (broad SMARTS) is 1. The first-order valence-electron chi connectivity index (χ1n) is 22.5. The lowest BCUT2D eigenvalue weighted by Crippen LogP contribution is -2.50. The second-order valence-corrected chi connectivity index (χ2v) is 17.3. The van der Waals surface area contributed by atoms with E-state index in [9.17, 15) is 19.2 Å². The Hall–Kier alpha value is -5.79. The smallest absolute Gasteiger partial charge is 0.341 e. The molecule has 1 aromatic heterocycles. The normalized spacial score (nSPS) is 22.3. The highest BCUT2D eigenvalue weighted by molar-refractivity contribution is 5.96. The lowest BCUT2D eigenvalue weighted by Gasteiger charge is -2.37. The number of carboxylic acids is 1. The number of carbonyl (C=O) groups excluding carboxylic acids is 3. The van der Waals surface area contributed by atoms with Crippen LogP contribution in [0.2, 0.25) is 0 Å². The van der Waals surface area contributed by atoms with Crippen molar-refractivity contribution in [2.24, 2.45) is 23.5 Å². The molecule has 1 aliphatic carbocycles. The number of nitrogens with one attached hydrogen (secondary N) is 1. The summed E-state index contributed by atoms with van der Waals surface area (Å²) in [4.78, 5) is 52.0. The molecule has 13 nitrogen and oxygen atoms in total. The number of aliphatic carboxylic acids is 1. The lowest BCUT2D eigenvalue weighted by molar-refractivity contribution is -0.703. The van der Waals surface area contributed by atoms with Gasteiger partial charge >= 0.3 is 5.97 Å². The summed E-state index contributed by atoms with van der Waals surface area (Å²) in [6, 6.07) is 31.6. The van der Waals surface area contributed by atoms with Crippen LogP contribution >= 0.6 is 0 Å². The molecule has 3 aliphatic heterocycles. The number of likely N-dealkylation sites (tertiary alicyclic amines) is 1. The van der Waals surface area contributed by atoms with Gasteiger partial charge in [0.1, 0.15) is 11.5 Å². The van der Waals surface area contributed by atoms with E-state index in [4.69, 9.17) is 20.3 Å². The fraction of sp³-hybridized carbons (Fsp3) is 0.460. The highest BCUT2D eigenvalue weighted by atomic mass is 16.5. The third kappa shape index (κ3) is 14.6. The molecule has 63 heavy (non-hydrogen) atoms.